The van der Waals surface area contributed by atoms with E-state index in [1.165, 1.54) is 6.07 Å². The minimum Gasteiger partial charge on any atom is -0.491 e. The van der Waals surface area contributed by atoms with Gasteiger partial charge in [-0.2, -0.15) is 0 Å². The fourth-order valence-electron chi connectivity index (χ4n) is 2.70. The van der Waals surface area contributed by atoms with E-state index in [-0.39, 0.29) is 11.9 Å². The van der Waals surface area contributed by atoms with Crippen LogP contribution in [-0.2, 0) is 4.74 Å². The minimum atomic E-state index is -0.211. The number of ether oxygens (including phenoxy) is 2. The molecular formula is C15H21FN2O2. The number of hydrogen-bond acceptors (Lipinski definition) is 4. The zero-order valence-electron chi connectivity index (χ0n) is 11.6. The first-order chi connectivity index (χ1) is 9.83. The summed E-state index contributed by atoms with van der Waals surface area (Å²) in [6, 6.07) is 5.13. The smallest absolute Gasteiger partial charge is 0.150 e. The van der Waals surface area contributed by atoms with Gasteiger partial charge in [0.1, 0.15) is 18.2 Å². The lowest BCUT2D eigenvalue weighted by atomic mass is 10.2. The molecule has 0 aromatic heterocycles. The summed E-state index contributed by atoms with van der Waals surface area (Å²) in [5.41, 5.74) is 0.663. The molecule has 2 aliphatic heterocycles. The summed E-state index contributed by atoms with van der Waals surface area (Å²) in [5, 5.41) is 3.26. The van der Waals surface area contributed by atoms with Crippen molar-refractivity contribution >= 4 is 5.69 Å². The van der Waals surface area contributed by atoms with Crippen LogP contribution in [0.15, 0.2) is 18.2 Å². The lowest BCUT2D eigenvalue weighted by Crippen LogP contribution is -2.43. The van der Waals surface area contributed by atoms with E-state index < -0.39 is 0 Å². The Morgan fingerprint density at radius 2 is 2.20 bits per heavy atom. The first-order valence-corrected chi connectivity index (χ1v) is 7.32. The lowest BCUT2D eigenvalue weighted by molar-refractivity contribution is 0.0678. The topological polar surface area (TPSA) is 33.7 Å². The van der Waals surface area contributed by atoms with Gasteiger partial charge >= 0.3 is 0 Å². The van der Waals surface area contributed by atoms with Crippen molar-refractivity contribution in [1.82, 2.24) is 5.32 Å². The summed E-state index contributed by atoms with van der Waals surface area (Å²) in [6.45, 7) is 4.80. The molecule has 2 aliphatic rings. The van der Waals surface area contributed by atoms with Crippen molar-refractivity contribution in [1.29, 1.82) is 0 Å². The standard InChI is InChI=1S/C15H21FN2O2/c16-14-10-12(20-11-13-2-1-9-19-13)3-4-15(14)18-7-5-17-6-8-18/h3-4,10,13,17H,1-2,5-9,11H2/t13-/m1/s1. The maximum atomic E-state index is 14.2. The van der Waals surface area contributed by atoms with Gasteiger partial charge in [0.05, 0.1) is 11.8 Å². The summed E-state index contributed by atoms with van der Waals surface area (Å²) in [5.74, 6) is 0.369. The fraction of sp³-hybridized carbons (Fsp3) is 0.600. The molecule has 0 radical (unpaired) electrons. The SMILES string of the molecule is Fc1cc(OC[C@H]2CCCO2)ccc1N1CCNCC1. The maximum absolute atomic E-state index is 14.2. The van der Waals surface area contributed by atoms with Gasteiger partial charge in [-0.3, -0.25) is 0 Å². The predicted octanol–water partition coefficient (Wildman–Crippen LogP) is 1.79. The van der Waals surface area contributed by atoms with E-state index in [9.17, 15) is 4.39 Å². The van der Waals surface area contributed by atoms with Crippen LogP contribution >= 0.6 is 0 Å². The molecule has 5 heteroatoms. The molecule has 1 aromatic rings. The highest BCUT2D eigenvalue weighted by Crippen LogP contribution is 2.25. The van der Waals surface area contributed by atoms with Crippen molar-refractivity contribution in [2.24, 2.45) is 0 Å². The fourth-order valence-corrected chi connectivity index (χ4v) is 2.70. The maximum Gasteiger partial charge on any atom is 0.150 e. The van der Waals surface area contributed by atoms with Crippen molar-refractivity contribution in [3.8, 4) is 5.75 Å². The number of piperazine rings is 1. The second-order valence-corrected chi connectivity index (χ2v) is 5.30. The number of nitrogens with one attached hydrogen (secondary N) is 1. The highest BCUT2D eigenvalue weighted by atomic mass is 19.1. The number of hydrogen-bond donors (Lipinski definition) is 1. The Labute approximate surface area is 118 Å². The average Bonchev–Trinajstić information content (AvgIpc) is 2.99. The number of nitrogens with zero attached hydrogens (tertiary/aromatic N) is 1. The van der Waals surface area contributed by atoms with Crippen LogP contribution in [0, 0.1) is 5.82 Å². The van der Waals surface area contributed by atoms with Crippen LogP contribution in [0.4, 0.5) is 10.1 Å². The summed E-state index contributed by atoms with van der Waals surface area (Å²) >= 11 is 0. The number of halogens is 1. The first kappa shape index (κ1) is 13.6. The molecule has 3 rings (SSSR count). The normalized spacial score (nSPS) is 23.1. The Morgan fingerprint density at radius 1 is 1.35 bits per heavy atom. The van der Waals surface area contributed by atoms with Gasteiger partial charge in [0.2, 0.25) is 0 Å². The molecule has 0 amide bonds. The van der Waals surface area contributed by atoms with Gasteiger partial charge in [-0.05, 0) is 25.0 Å². The van der Waals surface area contributed by atoms with Crippen LogP contribution in [-0.4, -0.2) is 45.5 Å². The highest BCUT2D eigenvalue weighted by molar-refractivity contribution is 5.51. The molecule has 2 fully saturated rings. The zero-order chi connectivity index (χ0) is 13.8. The van der Waals surface area contributed by atoms with E-state index in [1.54, 1.807) is 0 Å². The Hall–Kier alpha value is -1.33. The molecule has 1 atom stereocenters. The Kier molecular flexibility index (Phi) is 4.38. The summed E-state index contributed by atoms with van der Waals surface area (Å²) < 4.78 is 25.3. The number of benzene rings is 1. The monoisotopic (exact) mass is 280 g/mol. The third-order valence-electron chi connectivity index (χ3n) is 3.84. The molecule has 1 aromatic carbocycles. The van der Waals surface area contributed by atoms with Gasteiger partial charge < -0.3 is 19.7 Å². The van der Waals surface area contributed by atoms with Crippen molar-refractivity contribution in [2.75, 3.05) is 44.3 Å². The molecule has 4 nitrogen and oxygen atoms in total. The van der Waals surface area contributed by atoms with Crippen molar-refractivity contribution in [3.63, 3.8) is 0 Å². The number of rotatable bonds is 4. The molecular weight excluding hydrogens is 259 g/mol. The van der Waals surface area contributed by atoms with Crippen LogP contribution in [0.2, 0.25) is 0 Å². The molecule has 20 heavy (non-hydrogen) atoms. The molecule has 0 aliphatic carbocycles. The van der Waals surface area contributed by atoms with Gasteiger partial charge in [-0.25, -0.2) is 4.39 Å². The molecule has 110 valence electrons. The Morgan fingerprint density at radius 3 is 2.90 bits per heavy atom. The summed E-state index contributed by atoms with van der Waals surface area (Å²) in [6.07, 6.45) is 2.27. The van der Waals surface area contributed by atoms with E-state index in [0.29, 0.717) is 18.0 Å². The second kappa shape index (κ2) is 6.41. The van der Waals surface area contributed by atoms with Gasteiger partial charge in [0, 0.05) is 38.9 Å². The molecule has 0 spiro atoms. The van der Waals surface area contributed by atoms with E-state index in [2.05, 4.69) is 10.2 Å². The minimum absolute atomic E-state index is 0.158. The van der Waals surface area contributed by atoms with Crippen LogP contribution in [0.3, 0.4) is 0 Å². The van der Waals surface area contributed by atoms with E-state index >= 15 is 0 Å². The Bertz CT molecular complexity index is 443. The van der Waals surface area contributed by atoms with Gasteiger partial charge in [-0.1, -0.05) is 0 Å². The second-order valence-electron chi connectivity index (χ2n) is 5.30. The molecule has 2 saturated heterocycles. The third-order valence-corrected chi connectivity index (χ3v) is 3.84. The van der Waals surface area contributed by atoms with Gasteiger partial charge in [-0.15, -0.1) is 0 Å². The van der Waals surface area contributed by atoms with Crippen molar-refractivity contribution in [2.45, 2.75) is 18.9 Å². The number of anilines is 1. The summed E-state index contributed by atoms with van der Waals surface area (Å²) in [4.78, 5) is 2.07. The first-order valence-electron chi connectivity index (χ1n) is 7.32. The van der Waals surface area contributed by atoms with Crippen LogP contribution in [0.5, 0.6) is 5.75 Å². The van der Waals surface area contributed by atoms with E-state index in [0.717, 1.165) is 45.6 Å². The molecule has 0 bridgehead atoms. The molecule has 0 unspecified atom stereocenters. The molecule has 0 saturated carbocycles. The van der Waals surface area contributed by atoms with Gasteiger partial charge in [0.15, 0.2) is 0 Å². The summed E-state index contributed by atoms with van der Waals surface area (Å²) in [7, 11) is 0. The quantitative estimate of drug-likeness (QED) is 0.912. The van der Waals surface area contributed by atoms with E-state index in [4.69, 9.17) is 9.47 Å². The molecule has 1 N–H and O–H groups in total. The third kappa shape index (κ3) is 3.22. The van der Waals surface area contributed by atoms with Crippen molar-refractivity contribution in [3.05, 3.63) is 24.0 Å². The van der Waals surface area contributed by atoms with E-state index in [1.807, 2.05) is 12.1 Å². The highest BCUT2D eigenvalue weighted by Gasteiger charge is 2.17. The van der Waals surface area contributed by atoms with Crippen LogP contribution in [0.1, 0.15) is 12.8 Å². The largest absolute Gasteiger partial charge is 0.491 e. The Balaban J connectivity index is 1.60. The average molecular weight is 280 g/mol. The predicted molar refractivity (Wildman–Crippen MR) is 76.0 cm³/mol. The van der Waals surface area contributed by atoms with Gasteiger partial charge in [0.25, 0.3) is 0 Å². The van der Waals surface area contributed by atoms with Crippen LogP contribution in [0.25, 0.3) is 0 Å². The van der Waals surface area contributed by atoms with Crippen LogP contribution < -0.4 is 15.0 Å². The zero-order valence-corrected chi connectivity index (χ0v) is 11.6. The molecule has 2 heterocycles. The lowest BCUT2D eigenvalue weighted by Gasteiger charge is -2.29. The van der Waals surface area contributed by atoms with Crippen molar-refractivity contribution < 1.29 is 13.9 Å².